The summed E-state index contributed by atoms with van der Waals surface area (Å²) in [4.78, 5) is 27.4. The quantitative estimate of drug-likeness (QED) is 0.643. The van der Waals surface area contributed by atoms with Crippen molar-refractivity contribution in [1.29, 1.82) is 0 Å². The minimum absolute atomic E-state index is 0.0254. The van der Waals surface area contributed by atoms with Crippen LogP contribution in [0.4, 0.5) is 0 Å². The van der Waals surface area contributed by atoms with Crippen molar-refractivity contribution in [1.82, 2.24) is 10.2 Å². The topological polar surface area (TPSA) is 49.4 Å². The first-order valence-corrected chi connectivity index (χ1v) is 10.2. The lowest BCUT2D eigenvalue weighted by molar-refractivity contribution is -0.141. The number of amides is 2. The summed E-state index contributed by atoms with van der Waals surface area (Å²) < 4.78 is 0.957. The van der Waals surface area contributed by atoms with E-state index in [4.69, 9.17) is 0 Å². The second kappa shape index (κ2) is 10.9. The van der Waals surface area contributed by atoms with Crippen LogP contribution in [0.15, 0.2) is 59.1 Å². The highest BCUT2D eigenvalue weighted by Crippen LogP contribution is 2.18. The molecule has 1 N–H and O–H groups in total. The first kappa shape index (κ1) is 21.2. The standard InChI is InChI=1S/C22H27BrN2O2/c1-3-13-24-22(27)20(15-17-9-6-5-7-10-17)25(21(26)4-2)16-18-11-8-12-19(23)14-18/h5-12,14,20H,3-4,13,15-16H2,1-2H3,(H,24,27). The summed E-state index contributed by atoms with van der Waals surface area (Å²) in [7, 11) is 0. The average molecular weight is 431 g/mol. The molecular formula is C22H27BrN2O2. The van der Waals surface area contributed by atoms with E-state index in [1.54, 1.807) is 4.90 Å². The normalized spacial score (nSPS) is 11.7. The maximum absolute atomic E-state index is 12.9. The number of nitrogens with one attached hydrogen (secondary N) is 1. The monoisotopic (exact) mass is 430 g/mol. The molecule has 0 heterocycles. The SMILES string of the molecule is CCCNC(=O)C(Cc1ccccc1)N(Cc1cccc(Br)c1)C(=O)CC. The molecule has 1 unspecified atom stereocenters. The molecule has 0 saturated heterocycles. The van der Waals surface area contributed by atoms with E-state index in [9.17, 15) is 9.59 Å². The van der Waals surface area contributed by atoms with Gasteiger partial charge in [0.15, 0.2) is 0 Å². The highest BCUT2D eigenvalue weighted by atomic mass is 79.9. The molecule has 0 aromatic heterocycles. The molecule has 0 radical (unpaired) electrons. The first-order chi connectivity index (χ1) is 13.0. The van der Waals surface area contributed by atoms with Gasteiger partial charge in [0.2, 0.25) is 11.8 Å². The Kier molecular flexibility index (Phi) is 8.52. The van der Waals surface area contributed by atoms with Crippen molar-refractivity contribution in [3.63, 3.8) is 0 Å². The fourth-order valence-corrected chi connectivity index (χ4v) is 3.40. The van der Waals surface area contributed by atoms with Crippen molar-refractivity contribution in [2.75, 3.05) is 6.54 Å². The summed E-state index contributed by atoms with van der Waals surface area (Å²) >= 11 is 3.48. The van der Waals surface area contributed by atoms with Gasteiger partial charge in [-0.15, -0.1) is 0 Å². The summed E-state index contributed by atoms with van der Waals surface area (Å²) in [5.74, 6) is -0.125. The van der Waals surface area contributed by atoms with E-state index in [1.165, 1.54) is 0 Å². The Morgan fingerprint density at radius 2 is 1.74 bits per heavy atom. The van der Waals surface area contributed by atoms with Crippen molar-refractivity contribution in [2.24, 2.45) is 0 Å². The van der Waals surface area contributed by atoms with Gasteiger partial charge in [0, 0.05) is 30.4 Å². The molecule has 0 spiro atoms. The molecule has 5 heteroatoms. The molecule has 2 amide bonds. The van der Waals surface area contributed by atoms with Crippen molar-refractivity contribution < 1.29 is 9.59 Å². The van der Waals surface area contributed by atoms with Crippen LogP contribution in [-0.4, -0.2) is 29.3 Å². The van der Waals surface area contributed by atoms with Crippen molar-refractivity contribution >= 4 is 27.7 Å². The van der Waals surface area contributed by atoms with Crippen LogP contribution in [0.25, 0.3) is 0 Å². The Labute approximate surface area is 170 Å². The number of rotatable bonds is 9. The number of benzene rings is 2. The minimum Gasteiger partial charge on any atom is -0.354 e. The molecule has 0 bridgehead atoms. The highest BCUT2D eigenvalue weighted by molar-refractivity contribution is 9.10. The largest absolute Gasteiger partial charge is 0.354 e. The number of hydrogen-bond donors (Lipinski definition) is 1. The lowest BCUT2D eigenvalue weighted by Crippen LogP contribution is -2.50. The van der Waals surface area contributed by atoms with Crippen LogP contribution in [0.5, 0.6) is 0 Å². The zero-order chi connectivity index (χ0) is 19.6. The van der Waals surface area contributed by atoms with E-state index in [2.05, 4.69) is 21.2 Å². The maximum Gasteiger partial charge on any atom is 0.243 e. The third kappa shape index (κ3) is 6.51. The van der Waals surface area contributed by atoms with Gasteiger partial charge in [0.25, 0.3) is 0 Å². The van der Waals surface area contributed by atoms with Crippen LogP contribution in [0.3, 0.4) is 0 Å². The highest BCUT2D eigenvalue weighted by Gasteiger charge is 2.29. The average Bonchev–Trinajstić information content (AvgIpc) is 2.69. The minimum atomic E-state index is -0.537. The lowest BCUT2D eigenvalue weighted by atomic mass is 10.0. The molecule has 2 aromatic carbocycles. The van der Waals surface area contributed by atoms with E-state index in [-0.39, 0.29) is 11.8 Å². The van der Waals surface area contributed by atoms with Gasteiger partial charge in [-0.3, -0.25) is 9.59 Å². The molecule has 0 saturated carbocycles. The Morgan fingerprint density at radius 3 is 2.37 bits per heavy atom. The molecule has 27 heavy (non-hydrogen) atoms. The van der Waals surface area contributed by atoms with Crippen LogP contribution < -0.4 is 5.32 Å². The van der Waals surface area contributed by atoms with Crippen LogP contribution >= 0.6 is 15.9 Å². The van der Waals surface area contributed by atoms with Gasteiger partial charge in [-0.05, 0) is 29.7 Å². The van der Waals surface area contributed by atoms with Crippen molar-refractivity contribution in [3.8, 4) is 0 Å². The van der Waals surface area contributed by atoms with Gasteiger partial charge in [0.1, 0.15) is 6.04 Å². The van der Waals surface area contributed by atoms with E-state index < -0.39 is 6.04 Å². The van der Waals surface area contributed by atoms with Gasteiger partial charge in [-0.2, -0.15) is 0 Å². The van der Waals surface area contributed by atoms with E-state index >= 15 is 0 Å². The fraction of sp³-hybridized carbons (Fsp3) is 0.364. The summed E-state index contributed by atoms with van der Waals surface area (Å²) in [6, 6.07) is 17.2. The van der Waals surface area contributed by atoms with Crippen molar-refractivity contribution in [3.05, 3.63) is 70.2 Å². The van der Waals surface area contributed by atoms with Crippen molar-refractivity contribution in [2.45, 2.75) is 45.7 Å². The molecule has 2 aromatic rings. The zero-order valence-corrected chi connectivity index (χ0v) is 17.5. The van der Waals surface area contributed by atoms with Crippen LogP contribution in [0.1, 0.15) is 37.8 Å². The molecule has 144 valence electrons. The van der Waals surface area contributed by atoms with Gasteiger partial charge >= 0.3 is 0 Å². The number of halogens is 1. The van der Waals surface area contributed by atoms with E-state index in [1.807, 2.05) is 68.4 Å². The summed E-state index contributed by atoms with van der Waals surface area (Å²) in [6.45, 7) is 4.86. The molecule has 0 aliphatic carbocycles. The molecule has 0 aliphatic heterocycles. The first-order valence-electron chi connectivity index (χ1n) is 9.40. The van der Waals surface area contributed by atoms with Crippen LogP contribution in [0, 0.1) is 0 Å². The number of carbonyl (C=O) groups is 2. The second-order valence-corrected chi connectivity index (χ2v) is 7.42. The van der Waals surface area contributed by atoms with E-state index in [0.29, 0.717) is 25.9 Å². The lowest BCUT2D eigenvalue weighted by Gasteiger charge is -2.31. The number of carbonyl (C=O) groups excluding carboxylic acids is 2. The second-order valence-electron chi connectivity index (χ2n) is 6.50. The molecular weight excluding hydrogens is 404 g/mol. The maximum atomic E-state index is 12.9. The smallest absolute Gasteiger partial charge is 0.243 e. The molecule has 4 nitrogen and oxygen atoms in total. The number of nitrogens with zero attached hydrogens (tertiary/aromatic N) is 1. The Morgan fingerprint density at radius 1 is 1.04 bits per heavy atom. The molecule has 2 rings (SSSR count). The predicted molar refractivity (Wildman–Crippen MR) is 112 cm³/mol. The zero-order valence-electron chi connectivity index (χ0n) is 16.0. The van der Waals surface area contributed by atoms with E-state index in [0.717, 1.165) is 22.0 Å². The summed E-state index contributed by atoms with van der Waals surface area (Å²) in [5.41, 5.74) is 2.03. The summed E-state index contributed by atoms with van der Waals surface area (Å²) in [5, 5.41) is 2.97. The third-order valence-electron chi connectivity index (χ3n) is 4.36. The van der Waals surface area contributed by atoms with Crippen LogP contribution in [0.2, 0.25) is 0 Å². The Balaban J connectivity index is 2.32. The fourth-order valence-electron chi connectivity index (χ4n) is 2.96. The van der Waals surface area contributed by atoms with Crippen LogP contribution in [-0.2, 0) is 22.6 Å². The third-order valence-corrected chi connectivity index (χ3v) is 4.86. The number of hydrogen-bond acceptors (Lipinski definition) is 2. The van der Waals surface area contributed by atoms with Gasteiger partial charge in [0.05, 0.1) is 0 Å². The van der Waals surface area contributed by atoms with Gasteiger partial charge in [-0.1, -0.05) is 72.2 Å². The molecule has 1 atom stereocenters. The Hall–Kier alpha value is -2.14. The van der Waals surface area contributed by atoms with Gasteiger partial charge < -0.3 is 10.2 Å². The Bertz CT molecular complexity index is 749. The molecule has 0 aliphatic rings. The summed E-state index contributed by atoms with van der Waals surface area (Å²) in [6.07, 6.45) is 1.72. The van der Waals surface area contributed by atoms with Gasteiger partial charge in [-0.25, -0.2) is 0 Å². The predicted octanol–water partition coefficient (Wildman–Crippen LogP) is 4.33. The molecule has 0 fully saturated rings.